The Kier molecular flexibility index (Phi) is 8.49. The van der Waals surface area contributed by atoms with Crippen molar-refractivity contribution in [3.05, 3.63) is 63.6 Å². The van der Waals surface area contributed by atoms with Crippen LogP contribution < -0.4 is 10.6 Å². The predicted octanol–water partition coefficient (Wildman–Crippen LogP) is 5.39. The summed E-state index contributed by atoms with van der Waals surface area (Å²) < 4.78 is 41.9. The molecule has 2 aliphatic rings. The number of rotatable bonds is 6. The molecule has 2 heterocycles. The summed E-state index contributed by atoms with van der Waals surface area (Å²) >= 11 is 12.0. The Morgan fingerprint density at radius 2 is 1.55 bits per heavy atom. The topological polar surface area (TPSA) is 86.9 Å². The van der Waals surface area contributed by atoms with E-state index in [9.17, 15) is 27.9 Å². The van der Waals surface area contributed by atoms with Gasteiger partial charge in [-0.25, -0.2) is 0 Å². The molecule has 38 heavy (non-hydrogen) atoms. The highest BCUT2D eigenvalue weighted by Gasteiger charge is 2.62. The van der Waals surface area contributed by atoms with Crippen molar-refractivity contribution in [1.82, 2.24) is 4.90 Å². The van der Waals surface area contributed by atoms with Crippen LogP contribution in [0.5, 0.6) is 0 Å². The van der Waals surface area contributed by atoms with Gasteiger partial charge < -0.3 is 20.6 Å². The second-order valence-electron chi connectivity index (χ2n) is 10.1. The lowest BCUT2D eigenvalue weighted by atomic mass is 9.82. The first-order valence-corrected chi connectivity index (χ1v) is 13.3. The molecule has 1 atom stereocenters. The molecule has 4 rings (SSSR count). The fraction of sp³-hybridized carbons (Fsp3) is 0.481. The second-order valence-corrected chi connectivity index (χ2v) is 11.0. The average Bonchev–Trinajstić information content (AvgIpc) is 2.87. The Bertz CT molecular complexity index is 1180. The standard InChI is InChI=1S/C27H30Cl2F3N3O3/c28-20-3-1-2-19(15-20)26(38,27(30,31)32)25(37)35-12-8-18(9-13-35)14-17-6-10-34(11-7-17)21-4-5-22(24(33)36)23(29)16-21/h1-5,15-18,38H,6-14H2,(H2,33,36). The largest absolute Gasteiger partial charge is 0.430 e. The highest BCUT2D eigenvalue weighted by molar-refractivity contribution is 6.34. The van der Waals surface area contributed by atoms with E-state index in [4.69, 9.17) is 28.9 Å². The van der Waals surface area contributed by atoms with Gasteiger partial charge >= 0.3 is 6.18 Å². The Morgan fingerprint density at radius 3 is 2.08 bits per heavy atom. The SMILES string of the molecule is NC(=O)c1ccc(N2CCC(CC3CCN(C(=O)C(O)(c4cccc(Cl)c4)C(F)(F)F)CC3)CC2)cc1Cl. The van der Waals surface area contributed by atoms with Gasteiger partial charge in [-0.15, -0.1) is 0 Å². The number of nitrogens with zero attached hydrogens (tertiary/aromatic N) is 2. The molecule has 2 aromatic rings. The van der Waals surface area contributed by atoms with E-state index in [-0.39, 0.29) is 23.7 Å². The van der Waals surface area contributed by atoms with Crippen LogP contribution in [0.25, 0.3) is 0 Å². The maximum Gasteiger partial charge on any atom is 0.430 e. The number of nitrogens with two attached hydrogens (primary N) is 1. The lowest BCUT2D eigenvalue weighted by molar-refractivity contribution is -0.262. The number of carbonyl (C=O) groups is 2. The molecule has 0 aromatic heterocycles. The molecule has 2 saturated heterocycles. The lowest BCUT2D eigenvalue weighted by Gasteiger charge is -2.40. The molecule has 0 aliphatic carbocycles. The highest BCUT2D eigenvalue weighted by Crippen LogP contribution is 2.42. The minimum atomic E-state index is -5.19. The van der Waals surface area contributed by atoms with Crippen LogP contribution in [-0.4, -0.2) is 54.2 Å². The smallest absolute Gasteiger partial charge is 0.371 e. The monoisotopic (exact) mass is 571 g/mol. The normalized spacial score (nSPS) is 19.3. The number of alkyl halides is 3. The number of aliphatic hydroxyl groups is 1. The van der Waals surface area contributed by atoms with E-state index in [1.54, 1.807) is 12.1 Å². The minimum Gasteiger partial charge on any atom is -0.371 e. The molecule has 2 aliphatic heterocycles. The maximum atomic E-state index is 14.0. The molecule has 0 saturated carbocycles. The summed E-state index contributed by atoms with van der Waals surface area (Å²) in [5.41, 5.74) is 2.32. The summed E-state index contributed by atoms with van der Waals surface area (Å²) in [6.45, 7) is 1.97. The van der Waals surface area contributed by atoms with Crippen LogP contribution >= 0.6 is 23.2 Å². The van der Waals surface area contributed by atoms with Gasteiger partial charge in [0.25, 0.3) is 11.5 Å². The van der Waals surface area contributed by atoms with Crippen LogP contribution in [0.3, 0.4) is 0 Å². The van der Waals surface area contributed by atoms with Crippen LogP contribution in [-0.2, 0) is 10.4 Å². The third-order valence-electron chi connectivity index (χ3n) is 7.73. The van der Waals surface area contributed by atoms with Crippen molar-refractivity contribution in [3.8, 4) is 0 Å². The van der Waals surface area contributed by atoms with E-state index < -0.39 is 29.2 Å². The first-order chi connectivity index (χ1) is 17.9. The molecule has 2 fully saturated rings. The van der Waals surface area contributed by atoms with Crippen LogP contribution in [0, 0.1) is 11.8 Å². The van der Waals surface area contributed by atoms with Crippen molar-refractivity contribution in [1.29, 1.82) is 0 Å². The molecule has 6 nitrogen and oxygen atoms in total. The molecule has 0 spiro atoms. The van der Waals surface area contributed by atoms with Crippen LogP contribution in [0.1, 0.15) is 48.0 Å². The molecule has 206 valence electrons. The fourth-order valence-corrected chi connectivity index (χ4v) is 5.98. The van der Waals surface area contributed by atoms with E-state index in [0.29, 0.717) is 29.7 Å². The van der Waals surface area contributed by atoms with Gasteiger partial charge in [0.1, 0.15) is 0 Å². The Labute approximate surface area is 229 Å². The number of amides is 2. The Morgan fingerprint density at radius 1 is 0.947 bits per heavy atom. The van der Waals surface area contributed by atoms with E-state index in [1.165, 1.54) is 12.1 Å². The summed E-state index contributed by atoms with van der Waals surface area (Å²) in [6, 6.07) is 9.93. The van der Waals surface area contributed by atoms with Gasteiger partial charge in [0.2, 0.25) is 5.91 Å². The summed E-state index contributed by atoms with van der Waals surface area (Å²) in [6.07, 6.45) is -1.17. The van der Waals surface area contributed by atoms with Gasteiger partial charge in [-0.3, -0.25) is 9.59 Å². The molecule has 0 radical (unpaired) electrons. The quantitative estimate of drug-likeness (QED) is 0.487. The Balaban J connectivity index is 1.31. The van der Waals surface area contributed by atoms with Gasteiger partial charge in [-0.1, -0.05) is 35.3 Å². The van der Waals surface area contributed by atoms with Crippen molar-refractivity contribution in [2.75, 3.05) is 31.1 Å². The zero-order valence-corrected chi connectivity index (χ0v) is 22.2. The lowest BCUT2D eigenvalue weighted by Crippen LogP contribution is -2.57. The maximum absolute atomic E-state index is 14.0. The van der Waals surface area contributed by atoms with Crippen molar-refractivity contribution in [3.63, 3.8) is 0 Å². The molecule has 2 amide bonds. The van der Waals surface area contributed by atoms with Crippen LogP contribution in [0.15, 0.2) is 42.5 Å². The summed E-state index contributed by atoms with van der Waals surface area (Å²) in [7, 11) is 0. The third-order valence-corrected chi connectivity index (χ3v) is 8.28. The van der Waals surface area contributed by atoms with Crippen molar-refractivity contribution in [2.45, 2.75) is 43.9 Å². The number of piperidine rings is 2. The second kappa shape index (κ2) is 11.3. The van der Waals surface area contributed by atoms with Gasteiger partial charge in [-0.05, 0) is 74.3 Å². The van der Waals surface area contributed by atoms with Gasteiger partial charge in [0.15, 0.2) is 0 Å². The fourth-order valence-electron chi connectivity index (χ4n) is 5.52. The Hall–Kier alpha value is -2.49. The van der Waals surface area contributed by atoms with Gasteiger partial charge in [-0.2, -0.15) is 13.2 Å². The molecule has 2 aromatic carbocycles. The average molecular weight is 572 g/mol. The van der Waals surface area contributed by atoms with Gasteiger partial charge in [0.05, 0.1) is 10.6 Å². The number of hydrogen-bond donors (Lipinski definition) is 2. The first kappa shape index (κ1) is 28.5. The minimum absolute atomic E-state index is 0.00787. The molecule has 3 N–H and O–H groups in total. The van der Waals surface area contributed by atoms with Crippen LogP contribution in [0.4, 0.5) is 18.9 Å². The number of hydrogen-bond acceptors (Lipinski definition) is 4. The number of benzene rings is 2. The number of anilines is 1. The van der Waals surface area contributed by atoms with E-state index in [2.05, 4.69) is 4.90 Å². The first-order valence-electron chi connectivity index (χ1n) is 12.6. The summed E-state index contributed by atoms with van der Waals surface area (Å²) in [4.78, 5) is 27.7. The van der Waals surface area contributed by atoms with Crippen LogP contribution in [0.2, 0.25) is 10.0 Å². The number of halogens is 5. The number of primary amides is 1. The predicted molar refractivity (Wildman–Crippen MR) is 140 cm³/mol. The molecular formula is C27H30Cl2F3N3O3. The molecular weight excluding hydrogens is 542 g/mol. The number of likely N-dealkylation sites (tertiary alicyclic amines) is 1. The van der Waals surface area contributed by atoms with Gasteiger partial charge in [0, 0.05) is 42.5 Å². The molecule has 0 bridgehead atoms. The third kappa shape index (κ3) is 5.90. The molecule has 11 heteroatoms. The molecule has 1 unspecified atom stereocenters. The van der Waals surface area contributed by atoms with Crippen molar-refractivity contribution < 1.29 is 27.9 Å². The highest BCUT2D eigenvalue weighted by atomic mass is 35.5. The van der Waals surface area contributed by atoms with Crippen molar-refractivity contribution >= 4 is 40.7 Å². The van der Waals surface area contributed by atoms with Crippen molar-refractivity contribution in [2.24, 2.45) is 17.6 Å². The number of carbonyl (C=O) groups excluding carboxylic acids is 2. The zero-order chi connectivity index (χ0) is 27.7. The summed E-state index contributed by atoms with van der Waals surface area (Å²) in [5.74, 6) is -1.16. The zero-order valence-electron chi connectivity index (χ0n) is 20.7. The summed E-state index contributed by atoms with van der Waals surface area (Å²) in [5, 5.41) is 11.0. The van der Waals surface area contributed by atoms with E-state index in [0.717, 1.165) is 55.1 Å². The van der Waals surface area contributed by atoms with E-state index >= 15 is 0 Å². The van der Waals surface area contributed by atoms with E-state index in [1.807, 2.05) is 6.07 Å².